The molecule has 0 amide bonds. The summed E-state index contributed by atoms with van der Waals surface area (Å²) in [6.45, 7) is 3.50. The molecule has 0 aliphatic heterocycles. The van der Waals surface area contributed by atoms with Gasteiger partial charge < -0.3 is 10.1 Å². The van der Waals surface area contributed by atoms with Crippen LogP contribution in [0.1, 0.15) is 17.5 Å². The number of benzene rings is 1. The van der Waals surface area contributed by atoms with Crippen LogP contribution in [-0.4, -0.2) is 36.7 Å². The fraction of sp³-hybridized carbons (Fsp3) is 0.438. The van der Waals surface area contributed by atoms with E-state index in [-0.39, 0.29) is 32.3 Å². The molecule has 2 aromatic rings. The summed E-state index contributed by atoms with van der Waals surface area (Å²) in [5, 5.41) is 3.52. The van der Waals surface area contributed by atoms with Crippen molar-refractivity contribution in [3.05, 3.63) is 37.8 Å². The Hall–Kier alpha value is -0.770. The lowest BCUT2D eigenvalue weighted by atomic mass is 10.3. The highest BCUT2D eigenvalue weighted by Crippen LogP contribution is 2.40. The van der Waals surface area contributed by atoms with Crippen LogP contribution in [-0.2, 0) is 17.5 Å². The van der Waals surface area contributed by atoms with Crippen molar-refractivity contribution in [2.45, 2.75) is 19.6 Å². The molecule has 0 saturated heterocycles. The van der Waals surface area contributed by atoms with E-state index >= 15 is 0 Å². The highest BCUT2D eigenvalue weighted by Gasteiger charge is 2.38. The molecule has 0 spiro atoms. The highest BCUT2D eigenvalue weighted by atomic mass is 35.5. The Morgan fingerprint density at radius 2 is 1.85 bits per heavy atom. The van der Waals surface area contributed by atoms with Crippen LogP contribution in [0.2, 0.25) is 15.1 Å². The van der Waals surface area contributed by atoms with Crippen molar-refractivity contribution in [1.29, 1.82) is 0 Å². The predicted octanol–water partition coefficient (Wildman–Crippen LogP) is 6.33. The molecule has 0 saturated carbocycles. The van der Waals surface area contributed by atoms with Crippen LogP contribution in [0.5, 0.6) is 0 Å². The fourth-order valence-corrected chi connectivity index (χ4v) is 4.21. The molecule has 1 aromatic heterocycles. The van der Waals surface area contributed by atoms with E-state index in [1.807, 2.05) is 11.8 Å². The molecule has 4 nitrogen and oxygen atoms in total. The number of methoxy groups -OCH3 is 1. The van der Waals surface area contributed by atoms with Crippen LogP contribution in [0.25, 0.3) is 0 Å². The minimum atomic E-state index is -4.57. The van der Waals surface area contributed by atoms with Crippen molar-refractivity contribution < 1.29 is 17.9 Å². The molecular formula is C16H17Cl3F3N3OS. The van der Waals surface area contributed by atoms with Crippen molar-refractivity contribution in [3.8, 4) is 0 Å². The second-order valence-electron chi connectivity index (χ2n) is 5.52. The maximum Gasteiger partial charge on any atom is 0.434 e. The van der Waals surface area contributed by atoms with Gasteiger partial charge in [-0.1, -0.05) is 53.1 Å². The first-order valence-corrected chi connectivity index (χ1v) is 9.80. The van der Waals surface area contributed by atoms with Gasteiger partial charge in [0, 0.05) is 25.2 Å². The van der Waals surface area contributed by atoms with Crippen molar-refractivity contribution >= 4 is 57.0 Å². The third kappa shape index (κ3) is 6.10. The summed E-state index contributed by atoms with van der Waals surface area (Å²) in [6.07, 6.45) is -4.57. The zero-order chi connectivity index (χ0) is 20.2. The third-order valence-corrected chi connectivity index (χ3v) is 5.40. The summed E-state index contributed by atoms with van der Waals surface area (Å²) in [7, 11) is 1.54. The minimum absolute atomic E-state index is 0.0474. The molecule has 150 valence electrons. The lowest BCUT2D eigenvalue weighted by Crippen LogP contribution is -2.27. The van der Waals surface area contributed by atoms with Gasteiger partial charge in [0.1, 0.15) is 0 Å². The molecule has 0 bridgehead atoms. The largest absolute Gasteiger partial charge is 0.434 e. The Labute approximate surface area is 174 Å². The molecule has 0 unspecified atom stereocenters. The number of aromatic nitrogens is 1. The molecule has 0 radical (unpaired) electrons. The van der Waals surface area contributed by atoms with Gasteiger partial charge in [0.25, 0.3) is 0 Å². The number of likely N-dealkylation sites (N-methyl/N-ethyl adjacent to an activating group) is 1. The Kier molecular flexibility index (Phi) is 8.03. The summed E-state index contributed by atoms with van der Waals surface area (Å²) >= 11 is 18.9. The molecule has 1 aromatic carbocycles. The normalized spacial score (nSPS) is 12.0. The summed E-state index contributed by atoms with van der Waals surface area (Å²) < 4.78 is 45.3. The monoisotopic (exact) mass is 461 g/mol. The van der Waals surface area contributed by atoms with Crippen LogP contribution in [0.3, 0.4) is 0 Å². The molecule has 27 heavy (non-hydrogen) atoms. The number of thiazole rings is 1. The van der Waals surface area contributed by atoms with Crippen LogP contribution in [0.15, 0.2) is 12.1 Å². The lowest BCUT2D eigenvalue weighted by molar-refractivity contribution is -0.141. The van der Waals surface area contributed by atoms with E-state index < -0.39 is 11.9 Å². The summed E-state index contributed by atoms with van der Waals surface area (Å²) in [4.78, 5) is 5.67. The predicted molar refractivity (Wildman–Crippen MR) is 105 cm³/mol. The van der Waals surface area contributed by atoms with E-state index in [4.69, 9.17) is 39.5 Å². The third-order valence-electron chi connectivity index (χ3n) is 3.63. The average Bonchev–Trinajstić information content (AvgIpc) is 2.97. The topological polar surface area (TPSA) is 37.4 Å². The van der Waals surface area contributed by atoms with E-state index in [0.717, 1.165) is 11.3 Å². The first-order chi connectivity index (χ1) is 12.7. The second kappa shape index (κ2) is 9.62. The van der Waals surface area contributed by atoms with Gasteiger partial charge in [-0.05, 0) is 18.7 Å². The van der Waals surface area contributed by atoms with Gasteiger partial charge in [-0.25, -0.2) is 4.98 Å². The van der Waals surface area contributed by atoms with E-state index in [1.165, 1.54) is 12.1 Å². The smallest absolute Gasteiger partial charge is 0.383 e. The van der Waals surface area contributed by atoms with Crippen LogP contribution in [0, 0.1) is 0 Å². The molecule has 11 heteroatoms. The fourth-order valence-electron chi connectivity index (χ4n) is 2.27. The number of anilines is 2. The maximum absolute atomic E-state index is 13.4. The highest BCUT2D eigenvalue weighted by molar-refractivity contribution is 7.15. The molecule has 1 N–H and O–H groups in total. The van der Waals surface area contributed by atoms with E-state index in [1.54, 1.807) is 7.11 Å². The summed E-state index contributed by atoms with van der Waals surface area (Å²) in [5.41, 5.74) is -0.671. The molecule has 0 fully saturated rings. The maximum atomic E-state index is 13.4. The van der Waals surface area contributed by atoms with Gasteiger partial charge >= 0.3 is 6.18 Å². The number of rotatable bonds is 8. The van der Waals surface area contributed by atoms with Crippen molar-refractivity contribution in [3.63, 3.8) is 0 Å². The number of hydrogen-bond donors (Lipinski definition) is 1. The number of alkyl halides is 3. The van der Waals surface area contributed by atoms with Gasteiger partial charge in [-0.15, -0.1) is 0 Å². The summed E-state index contributed by atoms with van der Waals surface area (Å²) in [5.74, 6) is 0. The minimum Gasteiger partial charge on any atom is -0.383 e. The Morgan fingerprint density at radius 1 is 1.22 bits per heavy atom. The number of hydrogen-bond acceptors (Lipinski definition) is 5. The van der Waals surface area contributed by atoms with Gasteiger partial charge in [-0.3, -0.25) is 4.90 Å². The molecule has 1 heterocycles. The number of nitrogens with zero attached hydrogens (tertiary/aromatic N) is 2. The zero-order valence-corrected chi connectivity index (χ0v) is 17.5. The number of nitrogens with one attached hydrogen (secondary N) is 1. The molecule has 2 rings (SSSR count). The Morgan fingerprint density at radius 3 is 2.37 bits per heavy atom. The first kappa shape index (κ1) is 22.5. The van der Waals surface area contributed by atoms with Gasteiger partial charge in [0.2, 0.25) is 0 Å². The Balaban J connectivity index is 2.33. The van der Waals surface area contributed by atoms with Crippen LogP contribution < -0.4 is 5.32 Å². The van der Waals surface area contributed by atoms with Crippen molar-refractivity contribution in [2.75, 3.05) is 32.1 Å². The van der Waals surface area contributed by atoms with Crippen molar-refractivity contribution in [2.24, 2.45) is 0 Å². The van der Waals surface area contributed by atoms with Gasteiger partial charge in [-0.2, -0.15) is 13.2 Å². The number of ether oxygens (including phenoxy) is 1. The lowest BCUT2D eigenvalue weighted by Gasteiger charge is -2.19. The molecular weight excluding hydrogens is 446 g/mol. The SMILES string of the molecule is CCN(CCOC)Cc1sc(Nc2c(Cl)cc(Cl)cc2Cl)nc1C(F)(F)F. The number of halogens is 6. The van der Waals surface area contributed by atoms with Gasteiger partial charge in [0.05, 0.1) is 27.2 Å². The first-order valence-electron chi connectivity index (χ1n) is 7.85. The Bertz CT molecular complexity index is 763. The molecule has 0 aliphatic rings. The standard InChI is InChI=1S/C16H17Cl3F3N3OS/c1-3-25(4-5-26-2)8-12-14(16(20,21)22)24-15(27-12)23-13-10(18)6-9(17)7-11(13)19/h6-7H,3-5,8H2,1-2H3,(H,23,24). The summed E-state index contributed by atoms with van der Waals surface area (Å²) in [6, 6.07) is 2.89. The quantitative estimate of drug-likeness (QED) is 0.497. The zero-order valence-electron chi connectivity index (χ0n) is 14.5. The van der Waals surface area contributed by atoms with E-state index in [0.29, 0.717) is 24.7 Å². The van der Waals surface area contributed by atoms with Crippen LogP contribution >= 0.6 is 46.1 Å². The molecule has 0 aliphatic carbocycles. The van der Waals surface area contributed by atoms with Gasteiger partial charge in [0.15, 0.2) is 10.8 Å². The van der Waals surface area contributed by atoms with Crippen molar-refractivity contribution in [1.82, 2.24) is 9.88 Å². The molecule has 0 atom stereocenters. The van der Waals surface area contributed by atoms with Crippen LogP contribution in [0.4, 0.5) is 24.0 Å². The van der Waals surface area contributed by atoms with E-state index in [2.05, 4.69) is 10.3 Å². The average molecular weight is 463 g/mol. The van der Waals surface area contributed by atoms with E-state index in [9.17, 15) is 13.2 Å². The second-order valence-corrected chi connectivity index (χ2v) is 7.85.